The number of piperidine rings is 1. The molecule has 1 aromatic rings. The first kappa shape index (κ1) is 15.9. The SMILES string of the molecule is CCNCc1ccc(N2CCC(C)(CC)CC2)c(C#N)c1. The highest BCUT2D eigenvalue weighted by atomic mass is 15.1. The number of benzene rings is 1. The number of nitrogens with one attached hydrogen (secondary N) is 1. The molecular formula is C18H27N3. The van der Waals surface area contributed by atoms with E-state index in [0.29, 0.717) is 5.41 Å². The minimum Gasteiger partial charge on any atom is -0.370 e. The van der Waals surface area contributed by atoms with Gasteiger partial charge in [-0.2, -0.15) is 5.26 Å². The highest BCUT2D eigenvalue weighted by Gasteiger charge is 2.29. The topological polar surface area (TPSA) is 39.1 Å². The largest absolute Gasteiger partial charge is 0.370 e. The monoisotopic (exact) mass is 285 g/mol. The molecule has 0 unspecified atom stereocenters. The van der Waals surface area contributed by atoms with Crippen LogP contribution in [0.3, 0.4) is 0 Å². The van der Waals surface area contributed by atoms with Crippen LogP contribution in [0.5, 0.6) is 0 Å². The van der Waals surface area contributed by atoms with Gasteiger partial charge in [0, 0.05) is 19.6 Å². The normalized spacial score (nSPS) is 17.5. The molecule has 0 amide bonds. The summed E-state index contributed by atoms with van der Waals surface area (Å²) in [6, 6.07) is 8.68. The molecule has 1 fully saturated rings. The first-order valence-corrected chi connectivity index (χ1v) is 8.10. The van der Waals surface area contributed by atoms with Crippen molar-refractivity contribution in [1.82, 2.24) is 5.32 Å². The quantitative estimate of drug-likeness (QED) is 0.897. The summed E-state index contributed by atoms with van der Waals surface area (Å²) in [5, 5.41) is 12.8. The van der Waals surface area contributed by atoms with Gasteiger partial charge < -0.3 is 10.2 Å². The maximum absolute atomic E-state index is 9.45. The van der Waals surface area contributed by atoms with E-state index in [1.807, 2.05) is 6.07 Å². The summed E-state index contributed by atoms with van der Waals surface area (Å²) in [7, 11) is 0. The van der Waals surface area contributed by atoms with Crippen LogP contribution in [0.1, 0.15) is 51.2 Å². The van der Waals surface area contributed by atoms with Crippen LogP contribution in [0.2, 0.25) is 0 Å². The van der Waals surface area contributed by atoms with Gasteiger partial charge in [0.1, 0.15) is 6.07 Å². The van der Waals surface area contributed by atoms with Crippen molar-refractivity contribution >= 4 is 5.69 Å². The van der Waals surface area contributed by atoms with Crippen molar-refractivity contribution in [3.8, 4) is 6.07 Å². The van der Waals surface area contributed by atoms with E-state index in [-0.39, 0.29) is 0 Å². The number of anilines is 1. The molecule has 2 rings (SSSR count). The molecule has 3 nitrogen and oxygen atoms in total. The molecule has 1 N–H and O–H groups in total. The van der Waals surface area contributed by atoms with E-state index < -0.39 is 0 Å². The Morgan fingerprint density at radius 1 is 1.29 bits per heavy atom. The molecule has 0 bridgehead atoms. The van der Waals surface area contributed by atoms with Gasteiger partial charge in [-0.1, -0.05) is 33.3 Å². The maximum atomic E-state index is 9.45. The van der Waals surface area contributed by atoms with E-state index in [2.05, 4.69) is 49.2 Å². The maximum Gasteiger partial charge on any atom is 0.101 e. The fourth-order valence-electron chi connectivity index (χ4n) is 2.97. The molecule has 21 heavy (non-hydrogen) atoms. The molecule has 0 radical (unpaired) electrons. The minimum absolute atomic E-state index is 0.480. The van der Waals surface area contributed by atoms with Crippen LogP contribution in [0, 0.1) is 16.7 Å². The summed E-state index contributed by atoms with van der Waals surface area (Å²) in [4.78, 5) is 2.38. The Kier molecular flexibility index (Phi) is 5.25. The van der Waals surface area contributed by atoms with Crippen molar-refractivity contribution < 1.29 is 0 Å². The molecule has 1 aliphatic heterocycles. The first-order valence-electron chi connectivity index (χ1n) is 8.10. The smallest absolute Gasteiger partial charge is 0.101 e. The fraction of sp³-hybridized carbons (Fsp3) is 0.611. The van der Waals surface area contributed by atoms with Gasteiger partial charge in [-0.3, -0.25) is 0 Å². The third kappa shape index (κ3) is 3.77. The van der Waals surface area contributed by atoms with Gasteiger partial charge in [-0.25, -0.2) is 0 Å². The van der Waals surface area contributed by atoms with Crippen molar-refractivity contribution in [3.63, 3.8) is 0 Å². The molecule has 1 heterocycles. The first-order chi connectivity index (χ1) is 10.1. The van der Waals surface area contributed by atoms with Crippen LogP contribution < -0.4 is 10.2 Å². The third-order valence-corrected chi connectivity index (χ3v) is 4.93. The predicted molar refractivity (Wildman–Crippen MR) is 88.4 cm³/mol. The zero-order chi connectivity index (χ0) is 15.3. The van der Waals surface area contributed by atoms with Gasteiger partial charge in [0.2, 0.25) is 0 Å². The Bertz CT molecular complexity index is 508. The molecule has 114 valence electrons. The summed E-state index contributed by atoms with van der Waals surface area (Å²) in [6.45, 7) is 10.7. The molecule has 0 spiro atoms. The van der Waals surface area contributed by atoms with E-state index in [4.69, 9.17) is 0 Å². The lowest BCUT2D eigenvalue weighted by Gasteiger charge is -2.40. The molecule has 3 heteroatoms. The predicted octanol–water partition coefficient (Wildman–Crippen LogP) is 3.68. The number of hydrogen-bond donors (Lipinski definition) is 1. The van der Waals surface area contributed by atoms with Gasteiger partial charge in [-0.05, 0) is 42.5 Å². The van der Waals surface area contributed by atoms with E-state index in [0.717, 1.165) is 37.4 Å². The Labute approximate surface area is 129 Å². The molecule has 1 aromatic carbocycles. The van der Waals surface area contributed by atoms with Gasteiger partial charge in [-0.15, -0.1) is 0 Å². The van der Waals surface area contributed by atoms with E-state index in [1.165, 1.54) is 24.8 Å². The lowest BCUT2D eigenvalue weighted by Crippen LogP contribution is -2.38. The average Bonchev–Trinajstić information content (AvgIpc) is 2.53. The van der Waals surface area contributed by atoms with Crippen molar-refractivity contribution in [2.75, 3.05) is 24.5 Å². The zero-order valence-electron chi connectivity index (χ0n) is 13.6. The summed E-state index contributed by atoms with van der Waals surface area (Å²) >= 11 is 0. The number of nitrogens with zero attached hydrogens (tertiary/aromatic N) is 2. The Morgan fingerprint density at radius 3 is 2.57 bits per heavy atom. The second-order valence-corrected chi connectivity index (χ2v) is 6.39. The van der Waals surface area contributed by atoms with Crippen molar-refractivity contribution in [3.05, 3.63) is 29.3 Å². The molecule has 0 atom stereocenters. The number of rotatable bonds is 5. The van der Waals surface area contributed by atoms with Crippen LogP contribution in [0.4, 0.5) is 5.69 Å². The fourth-order valence-corrected chi connectivity index (χ4v) is 2.97. The Morgan fingerprint density at radius 2 is 2.00 bits per heavy atom. The van der Waals surface area contributed by atoms with Gasteiger partial charge in [0.05, 0.1) is 11.3 Å². The third-order valence-electron chi connectivity index (χ3n) is 4.93. The van der Waals surface area contributed by atoms with Crippen LogP contribution in [0.25, 0.3) is 0 Å². The Balaban J connectivity index is 2.12. The molecule has 0 aromatic heterocycles. The number of hydrogen-bond acceptors (Lipinski definition) is 3. The van der Waals surface area contributed by atoms with E-state index in [1.54, 1.807) is 0 Å². The van der Waals surface area contributed by atoms with E-state index in [9.17, 15) is 5.26 Å². The average molecular weight is 285 g/mol. The second kappa shape index (κ2) is 6.95. The lowest BCUT2D eigenvalue weighted by molar-refractivity contribution is 0.238. The highest BCUT2D eigenvalue weighted by molar-refractivity contribution is 5.60. The van der Waals surface area contributed by atoms with Crippen LogP contribution in [0.15, 0.2) is 18.2 Å². The molecule has 0 aliphatic carbocycles. The lowest BCUT2D eigenvalue weighted by atomic mass is 9.78. The standard InChI is InChI=1S/C18H27N3/c1-4-18(3)8-10-21(11-9-18)17-7-6-15(14-20-5-2)12-16(17)13-19/h6-7,12,20H,4-5,8-11,14H2,1-3H3. The summed E-state index contributed by atoms with van der Waals surface area (Å²) in [5.74, 6) is 0. The highest BCUT2D eigenvalue weighted by Crippen LogP contribution is 2.36. The number of nitriles is 1. The van der Waals surface area contributed by atoms with Crippen molar-refractivity contribution in [1.29, 1.82) is 5.26 Å². The van der Waals surface area contributed by atoms with E-state index >= 15 is 0 Å². The second-order valence-electron chi connectivity index (χ2n) is 6.39. The van der Waals surface area contributed by atoms with Gasteiger partial charge >= 0.3 is 0 Å². The van der Waals surface area contributed by atoms with Crippen molar-refractivity contribution in [2.45, 2.75) is 46.6 Å². The summed E-state index contributed by atoms with van der Waals surface area (Å²) in [5.41, 5.74) is 3.59. The van der Waals surface area contributed by atoms with Gasteiger partial charge in [0.25, 0.3) is 0 Å². The van der Waals surface area contributed by atoms with Crippen LogP contribution >= 0.6 is 0 Å². The molecule has 1 aliphatic rings. The van der Waals surface area contributed by atoms with Crippen molar-refractivity contribution in [2.24, 2.45) is 5.41 Å². The molecular weight excluding hydrogens is 258 g/mol. The van der Waals surface area contributed by atoms with Gasteiger partial charge in [0.15, 0.2) is 0 Å². The Hall–Kier alpha value is -1.53. The van der Waals surface area contributed by atoms with Crippen LogP contribution in [-0.2, 0) is 6.54 Å². The summed E-state index contributed by atoms with van der Waals surface area (Å²) in [6.07, 6.45) is 3.68. The van der Waals surface area contributed by atoms with Crippen LogP contribution in [-0.4, -0.2) is 19.6 Å². The minimum atomic E-state index is 0.480. The summed E-state index contributed by atoms with van der Waals surface area (Å²) < 4.78 is 0. The zero-order valence-corrected chi connectivity index (χ0v) is 13.6. The molecule has 0 saturated carbocycles. The molecule has 1 saturated heterocycles.